The lowest BCUT2D eigenvalue weighted by molar-refractivity contribution is -0.119. The van der Waals surface area contributed by atoms with Crippen LogP contribution in [0.15, 0.2) is 29.2 Å². The smallest absolute Gasteiger partial charge is 0.230 e. The van der Waals surface area contributed by atoms with Gasteiger partial charge in [-0.15, -0.1) is 11.8 Å². The van der Waals surface area contributed by atoms with E-state index >= 15 is 0 Å². The summed E-state index contributed by atoms with van der Waals surface area (Å²) in [7, 11) is 1.64. The maximum absolute atomic E-state index is 11.8. The number of amides is 1. The predicted molar refractivity (Wildman–Crippen MR) is 86.5 cm³/mol. The topological polar surface area (TPSA) is 50.4 Å². The summed E-state index contributed by atoms with van der Waals surface area (Å²) in [6, 6.07) is 9.16. The number of hydrogen-bond donors (Lipinski definition) is 2. The van der Waals surface area contributed by atoms with Gasteiger partial charge in [0, 0.05) is 30.6 Å². The Bertz CT molecular complexity index is 463. The lowest BCUT2D eigenvalue weighted by atomic mass is 10.2. The van der Waals surface area contributed by atoms with Gasteiger partial charge in [0.2, 0.25) is 5.91 Å². The monoisotopic (exact) mass is 308 g/mol. The Hall–Kier alpha value is -1.04. The predicted octanol–water partition coefficient (Wildman–Crippen LogP) is 2.18. The van der Waals surface area contributed by atoms with Gasteiger partial charge in [0.05, 0.1) is 12.4 Å². The summed E-state index contributed by atoms with van der Waals surface area (Å²) in [5.41, 5.74) is 1.28. The van der Waals surface area contributed by atoms with Gasteiger partial charge in [-0.25, -0.2) is 0 Å². The number of thioether (sulfide) groups is 1. The van der Waals surface area contributed by atoms with Gasteiger partial charge in [-0.3, -0.25) is 4.79 Å². The quantitative estimate of drug-likeness (QED) is 0.687. The van der Waals surface area contributed by atoms with Gasteiger partial charge in [0.1, 0.15) is 0 Å². The molecular weight excluding hydrogens is 284 g/mol. The normalized spacial score (nSPS) is 15.7. The van der Waals surface area contributed by atoms with E-state index in [1.54, 1.807) is 18.9 Å². The summed E-state index contributed by atoms with van der Waals surface area (Å²) < 4.78 is 5.01. The van der Waals surface area contributed by atoms with Crippen LogP contribution in [0.3, 0.4) is 0 Å². The van der Waals surface area contributed by atoms with Crippen LogP contribution < -0.4 is 10.6 Å². The van der Waals surface area contributed by atoms with Gasteiger partial charge in [0.25, 0.3) is 0 Å². The Morgan fingerprint density at radius 2 is 2.29 bits per heavy atom. The van der Waals surface area contributed by atoms with Gasteiger partial charge in [-0.05, 0) is 37.5 Å². The zero-order chi connectivity index (χ0) is 15.1. The van der Waals surface area contributed by atoms with Crippen molar-refractivity contribution in [3.05, 3.63) is 29.8 Å². The minimum Gasteiger partial charge on any atom is -0.383 e. The molecule has 1 unspecified atom stereocenters. The number of rotatable bonds is 9. The highest BCUT2D eigenvalue weighted by Gasteiger charge is 2.19. The number of carbonyl (C=O) groups excluding carboxylic acids is 1. The molecule has 0 saturated heterocycles. The first kappa shape index (κ1) is 16.3. The van der Waals surface area contributed by atoms with Crippen LogP contribution in [-0.4, -0.2) is 37.5 Å². The fourth-order valence-electron chi connectivity index (χ4n) is 2.05. The highest BCUT2D eigenvalue weighted by atomic mass is 32.2. The fourth-order valence-corrected chi connectivity index (χ4v) is 2.84. The van der Waals surface area contributed by atoms with Crippen molar-refractivity contribution in [2.45, 2.75) is 43.3 Å². The molecule has 1 aromatic carbocycles. The van der Waals surface area contributed by atoms with Crippen LogP contribution in [-0.2, 0) is 16.1 Å². The molecule has 2 rings (SSSR count). The molecule has 1 aliphatic rings. The van der Waals surface area contributed by atoms with Gasteiger partial charge in [-0.2, -0.15) is 0 Å². The third kappa shape index (κ3) is 6.50. The Morgan fingerprint density at radius 1 is 1.48 bits per heavy atom. The third-order valence-electron chi connectivity index (χ3n) is 3.26. The first-order valence-electron chi connectivity index (χ1n) is 7.41. The number of nitrogens with one attached hydrogen (secondary N) is 2. The van der Waals surface area contributed by atoms with E-state index in [2.05, 4.69) is 34.9 Å². The summed E-state index contributed by atoms with van der Waals surface area (Å²) in [4.78, 5) is 12.9. The first-order valence-corrected chi connectivity index (χ1v) is 8.39. The summed E-state index contributed by atoms with van der Waals surface area (Å²) in [6.07, 6.45) is 2.60. The number of hydrogen-bond acceptors (Lipinski definition) is 4. The van der Waals surface area contributed by atoms with Crippen LogP contribution >= 0.6 is 11.8 Å². The van der Waals surface area contributed by atoms with Crippen molar-refractivity contribution in [3.8, 4) is 0 Å². The highest BCUT2D eigenvalue weighted by molar-refractivity contribution is 8.00. The maximum Gasteiger partial charge on any atom is 0.230 e. The van der Waals surface area contributed by atoms with Crippen molar-refractivity contribution in [1.82, 2.24) is 10.6 Å². The van der Waals surface area contributed by atoms with Crippen LogP contribution in [0.25, 0.3) is 0 Å². The zero-order valence-corrected chi connectivity index (χ0v) is 13.5. The lowest BCUT2D eigenvalue weighted by Crippen LogP contribution is -2.36. The second-order valence-corrected chi connectivity index (χ2v) is 6.56. The Morgan fingerprint density at radius 3 is 3.00 bits per heavy atom. The molecule has 0 heterocycles. The van der Waals surface area contributed by atoms with Crippen molar-refractivity contribution in [2.24, 2.45) is 0 Å². The number of benzene rings is 1. The van der Waals surface area contributed by atoms with Crippen LogP contribution in [0, 0.1) is 0 Å². The molecule has 0 radical (unpaired) electrons. The van der Waals surface area contributed by atoms with Crippen LogP contribution in [0.1, 0.15) is 25.3 Å². The Balaban J connectivity index is 1.73. The number of methoxy groups -OCH3 is 1. The molecule has 1 amide bonds. The van der Waals surface area contributed by atoms with Crippen LogP contribution in [0.2, 0.25) is 0 Å². The minimum atomic E-state index is 0.0473. The van der Waals surface area contributed by atoms with Crippen LogP contribution in [0.5, 0.6) is 0 Å². The molecule has 1 aromatic rings. The highest BCUT2D eigenvalue weighted by Crippen LogP contribution is 2.21. The van der Waals surface area contributed by atoms with Crippen molar-refractivity contribution in [3.63, 3.8) is 0 Å². The molecular formula is C16H24N2O2S. The van der Waals surface area contributed by atoms with E-state index < -0.39 is 0 Å². The molecule has 116 valence electrons. The molecule has 2 N–H and O–H groups in total. The molecule has 5 heteroatoms. The maximum atomic E-state index is 11.8. The minimum absolute atomic E-state index is 0.0473. The summed E-state index contributed by atoms with van der Waals surface area (Å²) in [5.74, 6) is 0.485. The average Bonchev–Trinajstić information content (AvgIpc) is 3.28. The third-order valence-corrected chi connectivity index (χ3v) is 4.26. The number of carbonyl (C=O) groups is 1. The molecule has 0 bridgehead atoms. The molecule has 0 spiro atoms. The van der Waals surface area contributed by atoms with Gasteiger partial charge in [-0.1, -0.05) is 12.1 Å². The van der Waals surface area contributed by atoms with E-state index in [0.29, 0.717) is 18.4 Å². The molecule has 1 atom stereocenters. The average molecular weight is 308 g/mol. The van der Waals surface area contributed by atoms with E-state index in [4.69, 9.17) is 4.74 Å². The van der Waals surface area contributed by atoms with Gasteiger partial charge >= 0.3 is 0 Å². The molecule has 4 nitrogen and oxygen atoms in total. The Kier molecular flexibility index (Phi) is 6.54. The molecule has 1 saturated carbocycles. The van der Waals surface area contributed by atoms with E-state index in [1.165, 1.54) is 18.4 Å². The standard InChI is InChI=1S/C16H24N2O2S/c1-12(10-20-2)18-16(19)11-21-15-5-3-4-13(8-15)9-17-14-6-7-14/h3-5,8,12,14,17H,6-7,9-11H2,1-2H3,(H,18,19). The SMILES string of the molecule is COCC(C)NC(=O)CSc1cccc(CNC2CC2)c1. The lowest BCUT2D eigenvalue weighted by Gasteiger charge is -2.12. The second kappa shape index (κ2) is 8.41. The van der Waals surface area contributed by atoms with E-state index in [9.17, 15) is 4.79 Å². The summed E-state index contributed by atoms with van der Waals surface area (Å²) in [6.45, 7) is 3.39. The summed E-state index contributed by atoms with van der Waals surface area (Å²) >= 11 is 1.57. The summed E-state index contributed by atoms with van der Waals surface area (Å²) in [5, 5.41) is 6.42. The number of ether oxygens (including phenoxy) is 1. The first-order chi connectivity index (χ1) is 10.2. The van der Waals surface area contributed by atoms with Gasteiger partial charge in [0.15, 0.2) is 0 Å². The van der Waals surface area contributed by atoms with Crippen LogP contribution in [0.4, 0.5) is 0 Å². The van der Waals surface area contributed by atoms with Crippen molar-refractivity contribution in [1.29, 1.82) is 0 Å². The van der Waals surface area contributed by atoms with Crippen molar-refractivity contribution >= 4 is 17.7 Å². The fraction of sp³-hybridized carbons (Fsp3) is 0.562. The zero-order valence-electron chi connectivity index (χ0n) is 12.7. The van der Waals surface area contributed by atoms with Crippen molar-refractivity contribution in [2.75, 3.05) is 19.5 Å². The molecule has 0 aromatic heterocycles. The van der Waals surface area contributed by atoms with E-state index in [1.807, 2.05) is 6.92 Å². The molecule has 0 aliphatic heterocycles. The molecule has 1 aliphatic carbocycles. The van der Waals surface area contributed by atoms with Crippen molar-refractivity contribution < 1.29 is 9.53 Å². The van der Waals surface area contributed by atoms with E-state index in [-0.39, 0.29) is 11.9 Å². The molecule has 21 heavy (non-hydrogen) atoms. The van der Waals surface area contributed by atoms with Gasteiger partial charge < -0.3 is 15.4 Å². The Labute approximate surface area is 131 Å². The largest absolute Gasteiger partial charge is 0.383 e. The molecule has 1 fully saturated rings. The van der Waals surface area contributed by atoms with E-state index in [0.717, 1.165) is 11.4 Å². The second-order valence-electron chi connectivity index (χ2n) is 5.52.